The SMILES string of the molecule is NC(=NO)c1ccc2cc(COc3ccc4c(c3)C(CNS(=O)(=O)Cc3cscn3)CCC4)ccc2c1. The van der Waals surface area contributed by atoms with Crippen molar-refractivity contribution < 1.29 is 18.4 Å². The maximum absolute atomic E-state index is 12.5. The molecule has 1 atom stereocenters. The van der Waals surface area contributed by atoms with E-state index in [0.717, 1.165) is 46.9 Å². The van der Waals surface area contributed by atoms with Crippen LogP contribution in [0.1, 0.15) is 46.7 Å². The summed E-state index contributed by atoms with van der Waals surface area (Å²) in [4.78, 5) is 4.08. The number of hydrogen-bond donors (Lipinski definition) is 3. The van der Waals surface area contributed by atoms with Gasteiger partial charge in [0.1, 0.15) is 18.1 Å². The fourth-order valence-corrected chi connectivity index (χ4v) is 6.50. The van der Waals surface area contributed by atoms with Gasteiger partial charge in [-0.25, -0.2) is 18.1 Å². The summed E-state index contributed by atoms with van der Waals surface area (Å²) in [5, 5.41) is 15.7. The highest BCUT2D eigenvalue weighted by atomic mass is 32.2. The van der Waals surface area contributed by atoms with Crippen LogP contribution < -0.4 is 15.2 Å². The van der Waals surface area contributed by atoms with Crippen molar-refractivity contribution in [1.29, 1.82) is 0 Å². The average molecular weight is 537 g/mol. The lowest BCUT2D eigenvalue weighted by Gasteiger charge is -2.26. The Morgan fingerprint density at radius 1 is 1.16 bits per heavy atom. The molecule has 5 rings (SSSR count). The van der Waals surface area contributed by atoms with Crippen LogP contribution in [0.25, 0.3) is 10.8 Å². The number of benzene rings is 3. The number of aromatic nitrogens is 1. The predicted octanol–water partition coefficient (Wildman–Crippen LogP) is 4.51. The van der Waals surface area contributed by atoms with Crippen molar-refractivity contribution in [3.63, 3.8) is 0 Å². The van der Waals surface area contributed by atoms with E-state index in [1.165, 1.54) is 16.9 Å². The summed E-state index contributed by atoms with van der Waals surface area (Å²) in [6.07, 6.45) is 2.93. The smallest absolute Gasteiger partial charge is 0.217 e. The number of nitrogens with one attached hydrogen (secondary N) is 1. The maximum atomic E-state index is 12.5. The number of nitrogens with zero attached hydrogens (tertiary/aromatic N) is 2. The first-order valence-electron chi connectivity index (χ1n) is 12.0. The molecular weight excluding hydrogens is 508 g/mol. The largest absolute Gasteiger partial charge is 0.489 e. The van der Waals surface area contributed by atoms with Gasteiger partial charge in [-0.15, -0.1) is 11.3 Å². The Kier molecular flexibility index (Phi) is 7.40. The normalized spacial score (nSPS) is 16.0. The van der Waals surface area contributed by atoms with Gasteiger partial charge in [0.05, 0.1) is 11.2 Å². The maximum Gasteiger partial charge on any atom is 0.217 e. The zero-order valence-electron chi connectivity index (χ0n) is 20.1. The Morgan fingerprint density at radius 3 is 2.81 bits per heavy atom. The molecule has 8 nitrogen and oxygen atoms in total. The van der Waals surface area contributed by atoms with Crippen LogP contribution in [0, 0.1) is 0 Å². The number of rotatable bonds is 9. The fourth-order valence-electron chi connectivity index (χ4n) is 4.73. The molecule has 0 radical (unpaired) electrons. The highest BCUT2D eigenvalue weighted by molar-refractivity contribution is 7.88. The molecule has 1 aliphatic rings. The lowest BCUT2D eigenvalue weighted by atomic mass is 9.83. The predicted molar refractivity (Wildman–Crippen MR) is 146 cm³/mol. The second-order valence-corrected chi connectivity index (χ2v) is 11.7. The number of hydrogen-bond acceptors (Lipinski definition) is 7. The Labute approximate surface area is 219 Å². The van der Waals surface area contributed by atoms with Gasteiger partial charge < -0.3 is 15.7 Å². The molecule has 1 aromatic heterocycles. The van der Waals surface area contributed by atoms with Crippen LogP contribution in [-0.4, -0.2) is 31.0 Å². The van der Waals surface area contributed by atoms with Crippen LogP contribution >= 0.6 is 11.3 Å². The van der Waals surface area contributed by atoms with Crippen molar-refractivity contribution in [2.45, 2.75) is 37.5 Å². The first-order valence-corrected chi connectivity index (χ1v) is 14.6. The van der Waals surface area contributed by atoms with E-state index in [2.05, 4.69) is 33.1 Å². The third kappa shape index (κ3) is 6.10. The van der Waals surface area contributed by atoms with Crippen LogP contribution in [0.4, 0.5) is 0 Å². The molecule has 0 saturated carbocycles. The third-order valence-corrected chi connectivity index (χ3v) is 8.56. The zero-order chi connectivity index (χ0) is 25.8. The van der Waals surface area contributed by atoms with Gasteiger partial charge in [-0.2, -0.15) is 0 Å². The third-order valence-electron chi connectivity index (χ3n) is 6.64. The molecule has 0 fully saturated rings. The van der Waals surface area contributed by atoms with Gasteiger partial charge in [-0.3, -0.25) is 0 Å². The average Bonchev–Trinajstić information content (AvgIpc) is 3.42. The minimum absolute atomic E-state index is 0.0762. The monoisotopic (exact) mass is 536 g/mol. The van der Waals surface area contributed by atoms with E-state index in [1.54, 1.807) is 10.9 Å². The van der Waals surface area contributed by atoms with Crippen LogP contribution in [0.3, 0.4) is 0 Å². The molecule has 10 heteroatoms. The van der Waals surface area contributed by atoms with Crippen LogP contribution in [-0.2, 0) is 28.8 Å². The molecule has 1 aliphatic carbocycles. The molecule has 192 valence electrons. The van der Waals surface area contributed by atoms with E-state index >= 15 is 0 Å². The molecule has 0 aliphatic heterocycles. The molecular formula is C27H28N4O4S2. The second-order valence-electron chi connectivity index (χ2n) is 9.21. The van der Waals surface area contributed by atoms with Gasteiger partial charge in [0.15, 0.2) is 5.84 Å². The summed E-state index contributed by atoms with van der Waals surface area (Å²) in [5.41, 5.74) is 12.0. The summed E-state index contributed by atoms with van der Waals surface area (Å²) in [6, 6.07) is 17.8. The Morgan fingerprint density at radius 2 is 2.00 bits per heavy atom. The number of fused-ring (bicyclic) bond motifs is 2. The van der Waals surface area contributed by atoms with E-state index in [1.807, 2.05) is 36.4 Å². The Hall–Kier alpha value is -3.47. The lowest BCUT2D eigenvalue weighted by molar-refractivity contribution is 0.305. The molecule has 0 saturated heterocycles. The molecule has 37 heavy (non-hydrogen) atoms. The standard InChI is InChI=1S/C27H28N4O4S2/c28-27(31-32)22-7-6-20-10-18(4-5-21(20)11-22)14-35-25-9-8-19-2-1-3-23(26(19)12-25)13-30-37(33,34)16-24-15-36-17-29-24/h4-12,15,17,23,30,32H,1-3,13-14,16H2,(H2,28,31). The number of nitrogens with two attached hydrogens (primary N) is 1. The fraction of sp³-hybridized carbons (Fsp3) is 0.259. The minimum atomic E-state index is -3.45. The van der Waals surface area contributed by atoms with Crippen molar-refractivity contribution in [2.75, 3.05) is 6.54 Å². The number of ether oxygens (including phenoxy) is 1. The molecule has 0 amide bonds. The second kappa shape index (κ2) is 10.9. The summed E-state index contributed by atoms with van der Waals surface area (Å²) in [7, 11) is -3.45. The summed E-state index contributed by atoms with van der Waals surface area (Å²) < 4.78 is 34.0. The van der Waals surface area contributed by atoms with E-state index in [0.29, 0.717) is 24.4 Å². The zero-order valence-corrected chi connectivity index (χ0v) is 21.8. The van der Waals surface area contributed by atoms with E-state index in [4.69, 9.17) is 15.7 Å². The molecule has 4 N–H and O–H groups in total. The van der Waals surface area contributed by atoms with Gasteiger partial charge in [-0.05, 0) is 76.9 Å². The molecule has 4 aromatic rings. The van der Waals surface area contributed by atoms with Crippen LogP contribution in [0.15, 0.2) is 70.6 Å². The van der Waals surface area contributed by atoms with Crippen molar-refractivity contribution in [3.05, 3.63) is 93.4 Å². The molecule has 0 bridgehead atoms. The van der Waals surface area contributed by atoms with Gasteiger partial charge in [0, 0.05) is 17.5 Å². The highest BCUT2D eigenvalue weighted by Gasteiger charge is 2.23. The van der Waals surface area contributed by atoms with Gasteiger partial charge in [-0.1, -0.05) is 35.5 Å². The Bertz CT molecular complexity index is 1540. The quantitative estimate of drug-likeness (QED) is 0.125. The number of aryl methyl sites for hydroxylation is 1. The van der Waals surface area contributed by atoms with Crippen molar-refractivity contribution in [2.24, 2.45) is 10.9 Å². The Balaban J connectivity index is 1.26. The van der Waals surface area contributed by atoms with Gasteiger partial charge >= 0.3 is 0 Å². The topological polar surface area (TPSA) is 127 Å². The number of oxime groups is 1. The summed E-state index contributed by atoms with van der Waals surface area (Å²) in [5.74, 6) is 0.835. The summed E-state index contributed by atoms with van der Waals surface area (Å²) in [6.45, 7) is 0.767. The van der Waals surface area contributed by atoms with Gasteiger partial charge in [0.25, 0.3) is 0 Å². The number of sulfonamides is 1. The first-order chi connectivity index (χ1) is 17.9. The first kappa shape index (κ1) is 25.2. The molecule has 0 spiro atoms. The number of amidine groups is 1. The van der Waals surface area contributed by atoms with Crippen molar-refractivity contribution in [3.8, 4) is 5.75 Å². The molecule has 3 aromatic carbocycles. The molecule has 1 unspecified atom stereocenters. The summed E-state index contributed by atoms with van der Waals surface area (Å²) >= 11 is 1.39. The molecule has 1 heterocycles. The van der Waals surface area contributed by atoms with E-state index < -0.39 is 10.0 Å². The number of thiazole rings is 1. The van der Waals surface area contributed by atoms with Crippen molar-refractivity contribution >= 4 is 38.0 Å². The minimum Gasteiger partial charge on any atom is -0.489 e. The van der Waals surface area contributed by atoms with E-state index in [-0.39, 0.29) is 17.5 Å². The van der Waals surface area contributed by atoms with E-state index in [9.17, 15) is 8.42 Å². The lowest BCUT2D eigenvalue weighted by Crippen LogP contribution is -2.31. The highest BCUT2D eigenvalue weighted by Crippen LogP contribution is 2.34. The van der Waals surface area contributed by atoms with Crippen molar-refractivity contribution in [1.82, 2.24) is 9.71 Å². The van der Waals surface area contributed by atoms with Crippen LogP contribution in [0.5, 0.6) is 5.75 Å². The van der Waals surface area contributed by atoms with Crippen LogP contribution in [0.2, 0.25) is 0 Å². The van der Waals surface area contributed by atoms with Gasteiger partial charge in [0.2, 0.25) is 10.0 Å².